The summed E-state index contributed by atoms with van der Waals surface area (Å²) in [5.41, 5.74) is 4.66. The summed E-state index contributed by atoms with van der Waals surface area (Å²) in [5.74, 6) is 0.942. The fourth-order valence-corrected chi connectivity index (χ4v) is 4.34. The molecule has 2 aliphatic heterocycles. The van der Waals surface area contributed by atoms with Crippen LogP contribution < -0.4 is 16.0 Å². The fraction of sp³-hybridized carbons (Fsp3) is 0.440. The van der Waals surface area contributed by atoms with Crippen LogP contribution in [0.15, 0.2) is 53.5 Å². The van der Waals surface area contributed by atoms with Crippen LogP contribution in [-0.2, 0) is 17.9 Å². The lowest BCUT2D eigenvalue weighted by Gasteiger charge is -2.32. The average molecular weight is 563 g/mol. The van der Waals surface area contributed by atoms with E-state index in [9.17, 15) is 4.79 Å². The number of para-hydroxylation sites is 1. The van der Waals surface area contributed by atoms with Crippen LogP contribution in [0, 0.1) is 0 Å². The molecule has 1 saturated heterocycles. The minimum atomic E-state index is 0. The Labute approximate surface area is 214 Å². The van der Waals surface area contributed by atoms with Crippen molar-refractivity contribution in [3.8, 4) is 0 Å². The van der Waals surface area contributed by atoms with E-state index in [2.05, 4.69) is 68.1 Å². The number of nitrogens with one attached hydrogen (secondary N) is 3. The quantitative estimate of drug-likeness (QED) is 0.287. The molecule has 4 rings (SSSR count). The van der Waals surface area contributed by atoms with Gasteiger partial charge in [0.15, 0.2) is 5.96 Å². The number of carbonyl (C=O) groups excluding carboxylic acids is 1. The summed E-state index contributed by atoms with van der Waals surface area (Å²) in [6.45, 7) is 6.94. The first-order valence-electron chi connectivity index (χ1n) is 11.4. The van der Waals surface area contributed by atoms with Gasteiger partial charge in [-0.05, 0) is 29.8 Å². The zero-order valence-electron chi connectivity index (χ0n) is 19.5. The Bertz CT molecular complexity index is 940. The minimum absolute atomic E-state index is 0. The number of guanidine groups is 1. The highest BCUT2D eigenvalue weighted by Crippen LogP contribution is 2.31. The van der Waals surface area contributed by atoms with Gasteiger partial charge in [0.05, 0.1) is 0 Å². The first kappa shape index (κ1) is 25.5. The van der Waals surface area contributed by atoms with Gasteiger partial charge in [0.1, 0.15) is 0 Å². The van der Waals surface area contributed by atoms with Gasteiger partial charge in [-0.2, -0.15) is 0 Å². The van der Waals surface area contributed by atoms with E-state index in [1.54, 1.807) is 7.05 Å². The molecule has 1 atom stereocenters. The molecule has 1 amide bonds. The highest BCUT2D eigenvalue weighted by atomic mass is 127. The van der Waals surface area contributed by atoms with Crippen molar-refractivity contribution in [2.75, 3.05) is 52.1 Å². The number of likely N-dealkylation sites (N-methyl/N-ethyl adjacent to an activating group) is 1. The van der Waals surface area contributed by atoms with Gasteiger partial charge in [0, 0.05) is 70.9 Å². The van der Waals surface area contributed by atoms with Crippen LogP contribution in [0.2, 0.25) is 0 Å². The smallest absolute Gasteiger partial charge is 0.225 e. The molecule has 0 spiro atoms. The number of carbonyl (C=O) groups is 1. The topological polar surface area (TPSA) is 72.0 Å². The first-order valence-corrected chi connectivity index (χ1v) is 11.4. The zero-order chi connectivity index (χ0) is 22.3. The second-order valence-electron chi connectivity index (χ2n) is 8.74. The number of hydrogen-bond acceptors (Lipinski definition) is 4. The molecule has 33 heavy (non-hydrogen) atoms. The Kier molecular flexibility index (Phi) is 9.52. The highest BCUT2D eigenvalue weighted by molar-refractivity contribution is 14.0. The van der Waals surface area contributed by atoms with Gasteiger partial charge < -0.3 is 20.9 Å². The summed E-state index contributed by atoms with van der Waals surface area (Å²) in [7, 11) is 3.96. The van der Waals surface area contributed by atoms with Gasteiger partial charge in [-0.1, -0.05) is 42.5 Å². The van der Waals surface area contributed by atoms with Crippen molar-refractivity contribution >= 4 is 41.5 Å². The molecule has 0 saturated carbocycles. The maximum absolute atomic E-state index is 12.0. The molecule has 178 valence electrons. The number of rotatable bonds is 6. The monoisotopic (exact) mass is 562 g/mol. The summed E-state index contributed by atoms with van der Waals surface area (Å²) in [5, 5.41) is 9.73. The van der Waals surface area contributed by atoms with Crippen LogP contribution in [0.1, 0.15) is 29.0 Å². The van der Waals surface area contributed by atoms with E-state index in [0.29, 0.717) is 19.5 Å². The summed E-state index contributed by atoms with van der Waals surface area (Å²) in [6.07, 6.45) is 0.482. The Hall–Kier alpha value is -2.17. The summed E-state index contributed by atoms with van der Waals surface area (Å²) < 4.78 is 0. The van der Waals surface area contributed by atoms with Crippen LogP contribution in [-0.4, -0.2) is 68.5 Å². The first-order chi connectivity index (χ1) is 15.6. The van der Waals surface area contributed by atoms with Crippen LogP contribution in [0.3, 0.4) is 0 Å². The molecule has 2 heterocycles. The summed E-state index contributed by atoms with van der Waals surface area (Å²) >= 11 is 0. The van der Waals surface area contributed by atoms with Gasteiger partial charge in [-0.3, -0.25) is 14.7 Å². The molecule has 8 heteroatoms. The molecule has 0 radical (unpaired) electrons. The predicted octanol–water partition coefficient (Wildman–Crippen LogP) is 2.84. The van der Waals surface area contributed by atoms with Crippen LogP contribution in [0.25, 0.3) is 0 Å². The van der Waals surface area contributed by atoms with Crippen molar-refractivity contribution in [1.29, 1.82) is 0 Å². The van der Waals surface area contributed by atoms with Crippen LogP contribution in [0.5, 0.6) is 0 Å². The Morgan fingerprint density at radius 1 is 1.03 bits per heavy atom. The number of benzene rings is 2. The third kappa shape index (κ3) is 7.15. The van der Waals surface area contributed by atoms with Crippen molar-refractivity contribution in [2.45, 2.75) is 25.4 Å². The minimum Gasteiger partial charge on any atom is -0.356 e. The number of amides is 1. The third-order valence-electron chi connectivity index (χ3n) is 6.33. The molecule has 7 nitrogen and oxygen atoms in total. The molecule has 0 bridgehead atoms. The normalized spacial score (nSPS) is 19.3. The van der Waals surface area contributed by atoms with E-state index in [1.165, 1.54) is 16.7 Å². The molecule has 1 fully saturated rings. The predicted molar refractivity (Wildman–Crippen MR) is 145 cm³/mol. The van der Waals surface area contributed by atoms with E-state index in [0.717, 1.165) is 44.4 Å². The second-order valence-corrected chi connectivity index (χ2v) is 8.74. The lowest BCUT2D eigenvalue weighted by Crippen LogP contribution is -2.43. The van der Waals surface area contributed by atoms with E-state index in [1.807, 2.05) is 18.2 Å². The van der Waals surface area contributed by atoms with Gasteiger partial charge in [-0.15, -0.1) is 24.0 Å². The number of aliphatic imine (C=N–C) groups is 1. The summed E-state index contributed by atoms with van der Waals surface area (Å²) in [6, 6.07) is 16.8. The molecule has 2 aromatic carbocycles. The van der Waals surface area contributed by atoms with Crippen molar-refractivity contribution in [3.05, 3.63) is 65.2 Å². The van der Waals surface area contributed by atoms with Crippen molar-refractivity contribution < 1.29 is 4.79 Å². The number of hydrogen-bond donors (Lipinski definition) is 3. The van der Waals surface area contributed by atoms with Crippen molar-refractivity contribution in [2.24, 2.45) is 4.99 Å². The van der Waals surface area contributed by atoms with Gasteiger partial charge in [0.25, 0.3) is 0 Å². The summed E-state index contributed by atoms with van der Waals surface area (Å²) in [4.78, 5) is 21.3. The number of fused-ring (bicyclic) bond motifs is 1. The van der Waals surface area contributed by atoms with Gasteiger partial charge in [0.2, 0.25) is 5.91 Å². The molecular weight excluding hydrogens is 527 g/mol. The third-order valence-corrected chi connectivity index (χ3v) is 6.33. The largest absolute Gasteiger partial charge is 0.356 e. The lowest BCUT2D eigenvalue weighted by molar-refractivity contribution is -0.116. The van der Waals surface area contributed by atoms with E-state index >= 15 is 0 Å². The number of anilines is 1. The number of piperazine rings is 1. The molecule has 2 aromatic rings. The van der Waals surface area contributed by atoms with Crippen LogP contribution in [0.4, 0.5) is 5.69 Å². The molecule has 1 unspecified atom stereocenters. The van der Waals surface area contributed by atoms with Gasteiger partial charge in [-0.25, -0.2) is 0 Å². The van der Waals surface area contributed by atoms with Crippen molar-refractivity contribution in [1.82, 2.24) is 20.4 Å². The maximum atomic E-state index is 12.0. The fourth-order valence-electron chi connectivity index (χ4n) is 4.34. The Morgan fingerprint density at radius 2 is 1.73 bits per heavy atom. The molecule has 0 aromatic heterocycles. The maximum Gasteiger partial charge on any atom is 0.225 e. The standard InChI is InChI=1S/C25H34N6O.HI/c1-26-25(28-17-21-15-24(32)29-23-6-4-3-5-22(21)23)27-16-19-7-9-20(10-8-19)18-31-13-11-30(2)12-14-31;/h3-10,21H,11-18H2,1-2H3,(H,29,32)(H2,26,27,28);1H. The molecule has 3 N–H and O–H groups in total. The van der Waals surface area contributed by atoms with E-state index in [-0.39, 0.29) is 35.8 Å². The molecule has 0 aliphatic carbocycles. The van der Waals surface area contributed by atoms with E-state index < -0.39 is 0 Å². The Balaban J connectivity index is 0.00000306. The SMILES string of the molecule is CN=C(NCc1ccc(CN2CCN(C)CC2)cc1)NCC1CC(=O)Nc2ccccc21.I. The number of nitrogens with zero attached hydrogens (tertiary/aromatic N) is 3. The zero-order valence-corrected chi connectivity index (χ0v) is 21.8. The lowest BCUT2D eigenvalue weighted by atomic mass is 9.90. The van der Waals surface area contributed by atoms with Crippen LogP contribution >= 0.6 is 24.0 Å². The second kappa shape index (κ2) is 12.3. The average Bonchev–Trinajstić information content (AvgIpc) is 2.81. The highest BCUT2D eigenvalue weighted by Gasteiger charge is 2.24. The number of halogens is 1. The van der Waals surface area contributed by atoms with Crippen molar-refractivity contribution in [3.63, 3.8) is 0 Å². The molecule has 2 aliphatic rings. The Morgan fingerprint density at radius 3 is 2.45 bits per heavy atom. The van der Waals surface area contributed by atoms with Gasteiger partial charge >= 0.3 is 0 Å². The van der Waals surface area contributed by atoms with E-state index in [4.69, 9.17) is 0 Å². The molecular formula is C25H35IN6O.